The van der Waals surface area contributed by atoms with Crippen LogP contribution in [0.25, 0.3) is 32.7 Å². The highest BCUT2D eigenvalue weighted by Gasteiger charge is 2.32. The predicted molar refractivity (Wildman–Crippen MR) is 232 cm³/mol. The minimum absolute atomic E-state index is 0.0734. The SMILES string of the molecule is Cc1ccc(N(c2ccc3c(c2)Oc2cccc4c(B(c5c(C)cc(C)cc5C)c5c(C)cc(C)cc5C)ccc-3c24)c2ccc3ccccc3c2)cc1. The Hall–Kier alpha value is -6.06. The van der Waals surface area contributed by atoms with E-state index in [-0.39, 0.29) is 6.71 Å². The van der Waals surface area contributed by atoms with E-state index in [0.29, 0.717) is 0 Å². The van der Waals surface area contributed by atoms with E-state index in [0.717, 1.165) is 34.1 Å². The molecule has 0 amide bonds. The highest BCUT2D eigenvalue weighted by molar-refractivity contribution is 6.98. The van der Waals surface area contributed by atoms with Gasteiger partial charge in [-0.15, -0.1) is 0 Å². The maximum Gasteiger partial charge on any atom is 0.243 e. The van der Waals surface area contributed by atoms with Crippen molar-refractivity contribution in [3.63, 3.8) is 0 Å². The third-order valence-electron chi connectivity index (χ3n) is 11.4. The number of aryl methyl sites for hydroxylation is 7. The number of anilines is 3. The van der Waals surface area contributed by atoms with Crippen LogP contribution in [0.15, 0.2) is 140 Å². The molecule has 8 aromatic rings. The number of nitrogens with zero attached hydrogens (tertiary/aromatic N) is 1. The number of rotatable bonds is 6. The van der Waals surface area contributed by atoms with Crippen LogP contribution in [-0.4, -0.2) is 6.71 Å². The molecule has 0 spiro atoms. The zero-order valence-electron chi connectivity index (χ0n) is 32.2. The van der Waals surface area contributed by atoms with Crippen molar-refractivity contribution in [2.24, 2.45) is 0 Å². The van der Waals surface area contributed by atoms with Gasteiger partial charge in [0.05, 0.1) is 0 Å². The van der Waals surface area contributed by atoms with Gasteiger partial charge in [-0.05, 0) is 113 Å². The van der Waals surface area contributed by atoms with Crippen LogP contribution >= 0.6 is 0 Å². The highest BCUT2D eigenvalue weighted by Crippen LogP contribution is 2.48. The quantitative estimate of drug-likeness (QED) is 0.160. The molecule has 0 saturated carbocycles. The van der Waals surface area contributed by atoms with Crippen LogP contribution in [0.3, 0.4) is 0 Å². The van der Waals surface area contributed by atoms with E-state index >= 15 is 0 Å². The maximum atomic E-state index is 6.95. The number of fused-ring (bicyclic) bond motifs is 3. The lowest BCUT2D eigenvalue weighted by Crippen LogP contribution is -2.56. The Morgan fingerprint density at radius 2 is 1.00 bits per heavy atom. The van der Waals surface area contributed by atoms with Crippen LogP contribution in [0.2, 0.25) is 0 Å². The minimum atomic E-state index is 0.0734. The van der Waals surface area contributed by atoms with Gasteiger partial charge in [0, 0.05) is 34.1 Å². The number of hydrogen-bond acceptors (Lipinski definition) is 2. The Balaban J connectivity index is 1.22. The number of hydrogen-bond donors (Lipinski definition) is 0. The second-order valence-corrected chi connectivity index (χ2v) is 15.4. The van der Waals surface area contributed by atoms with Gasteiger partial charge < -0.3 is 9.64 Å². The molecule has 0 aromatic heterocycles. The molecule has 0 atom stereocenters. The Morgan fingerprint density at radius 3 is 1.67 bits per heavy atom. The molecule has 1 aliphatic heterocycles. The lowest BCUT2D eigenvalue weighted by atomic mass is 9.33. The Kier molecular flexibility index (Phi) is 8.20. The Morgan fingerprint density at radius 1 is 0.426 bits per heavy atom. The zero-order valence-corrected chi connectivity index (χ0v) is 32.2. The van der Waals surface area contributed by atoms with Crippen molar-refractivity contribution in [2.75, 3.05) is 4.90 Å². The summed E-state index contributed by atoms with van der Waals surface area (Å²) in [5, 5.41) is 4.85. The molecule has 8 aromatic carbocycles. The van der Waals surface area contributed by atoms with E-state index in [1.165, 1.54) is 82.4 Å². The van der Waals surface area contributed by atoms with Crippen LogP contribution < -0.4 is 26.0 Å². The van der Waals surface area contributed by atoms with Crippen molar-refractivity contribution in [1.29, 1.82) is 0 Å². The van der Waals surface area contributed by atoms with Gasteiger partial charge in [-0.2, -0.15) is 0 Å². The molecule has 0 N–H and O–H groups in total. The molecule has 262 valence electrons. The van der Waals surface area contributed by atoms with Gasteiger partial charge in [0.25, 0.3) is 0 Å². The summed E-state index contributed by atoms with van der Waals surface area (Å²) >= 11 is 0. The molecule has 2 nitrogen and oxygen atoms in total. The smallest absolute Gasteiger partial charge is 0.243 e. The second-order valence-electron chi connectivity index (χ2n) is 15.4. The third-order valence-corrected chi connectivity index (χ3v) is 11.4. The van der Waals surface area contributed by atoms with E-state index in [1.54, 1.807) is 0 Å². The van der Waals surface area contributed by atoms with Crippen molar-refractivity contribution in [2.45, 2.75) is 48.5 Å². The Bertz CT molecular complexity index is 2680. The van der Waals surface area contributed by atoms with Crippen LogP contribution in [0.5, 0.6) is 11.5 Å². The first-order chi connectivity index (χ1) is 26.1. The lowest BCUT2D eigenvalue weighted by Gasteiger charge is -2.29. The molecule has 0 bridgehead atoms. The lowest BCUT2D eigenvalue weighted by molar-refractivity contribution is 0.487. The summed E-state index contributed by atoms with van der Waals surface area (Å²) in [6.45, 7) is 15.7. The minimum Gasteiger partial charge on any atom is -0.456 e. The fourth-order valence-corrected chi connectivity index (χ4v) is 9.24. The van der Waals surface area contributed by atoms with Crippen LogP contribution in [0, 0.1) is 48.5 Å². The van der Waals surface area contributed by atoms with E-state index in [9.17, 15) is 0 Å². The molecule has 0 aliphatic carbocycles. The van der Waals surface area contributed by atoms with Gasteiger partial charge >= 0.3 is 0 Å². The zero-order chi connectivity index (χ0) is 37.2. The summed E-state index contributed by atoms with van der Waals surface area (Å²) in [6, 6.07) is 51.4. The van der Waals surface area contributed by atoms with Crippen molar-refractivity contribution in [3.05, 3.63) is 178 Å². The van der Waals surface area contributed by atoms with Crippen LogP contribution in [0.4, 0.5) is 17.1 Å². The summed E-state index contributed by atoms with van der Waals surface area (Å²) < 4.78 is 6.95. The first-order valence-electron chi connectivity index (χ1n) is 19.0. The molecule has 1 heterocycles. The van der Waals surface area contributed by atoms with Gasteiger partial charge in [0.1, 0.15) is 11.5 Å². The Labute approximate surface area is 319 Å². The second kappa shape index (κ2) is 13.1. The molecular weight excluding hydrogens is 653 g/mol. The van der Waals surface area contributed by atoms with Crippen molar-refractivity contribution in [1.82, 2.24) is 0 Å². The average Bonchev–Trinajstić information content (AvgIpc) is 3.14. The van der Waals surface area contributed by atoms with Crippen LogP contribution in [-0.2, 0) is 0 Å². The van der Waals surface area contributed by atoms with E-state index in [1.807, 2.05) is 0 Å². The summed E-state index contributed by atoms with van der Waals surface area (Å²) in [6.07, 6.45) is 0. The molecule has 0 fully saturated rings. The van der Waals surface area contributed by atoms with E-state index < -0.39 is 0 Å². The molecule has 3 heteroatoms. The number of benzene rings is 8. The third kappa shape index (κ3) is 5.67. The normalized spacial score (nSPS) is 11.8. The van der Waals surface area contributed by atoms with Crippen LogP contribution in [0.1, 0.15) is 38.9 Å². The van der Waals surface area contributed by atoms with Gasteiger partial charge in [-0.1, -0.05) is 146 Å². The molecule has 54 heavy (non-hydrogen) atoms. The van der Waals surface area contributed by atoms with Gasteiger partial charge in [0.2, 0.25) is 6.71 Å². The largest absolute Gasteiger partial charge is 0.456 e. The molecule has 1 aliphatic rings. The van der Waals surface area contributed by atoms with E-state index in [2.05, 4.69) is 193 Å². The fourth-order valence-electron chi connectivity index (χ4n) is 9.24. The van der Waals surface area contributed by atoms with Crippen molar-refractivity contribution >= 4 is 61.7 Å². The average molecular weight is 698 g/mol. The summed E-state index contributed by atoms with van der Waals surface area (Å²) in [5.74, 6) is 1.76. The maximum absolute atomic E-state index is 6.95. The predicted octanol–water partition coefficient (Wildman–Crippen LogP) is 11.9. The van der Waals surface area contributed by atoms with Gasteiger partial charge in [-0.25, -0.2) is 0 Å². The summed E-state index contributed by atoms with van der Waals surface area (Å²) in [5.41, 5.74) is 18.8. The fraction of sp³-hybridized carbons (Fsp3) is 0.137. The summed E-state index contributed by atoms with van der Waals surface area (Å²) in [4.78, 5) is 2.33. The first kappa shape index (κ1) is 33.8. The molecule has 0 saturated heterocycles. The van der Waals surface area contributed by atoms with Crippen molar-refractivity contribution in [3.8, 4) is 22.6 Å². The standard InChI is InChI=1S/C51H44BNO/c1-31-15-18-40(19-16-31)53(41-20-17-38-11-8-9-12-39(38)29-41)42-21-22-43-44-23-24-46(45-13-10-14-47(49(44)45)54-48(43)30-42)52(50-34(4)25-32(2)26-35(50)5)51-36(6)27-33(3)28-37(51)7/h8-30H,1-7H3. The first-order valence-corrected chi connectivity index (χ1v) is 19.0. The molecule has 9 rings (SSSR count). The number of ether oxygens (including phenoxy) is 1. The van der Waals surface area contributed by atoms with E-state index in [4.69, 9.17) is 4.74 Å². The monoisotopic (exact) mass is 697 g/mol. The highest BCUT2D eigenvalue weighted by atomic mass is 16.5. The molecule has 0 radical (unpaired) electrons. The van der Waals surface area contributed by atoms with Gasteiger partial charge in [0.15, 0.2) is 0 Å². The van der Waals surface area contributed by atoms with Crippen molar-refractivity contribution < 1.29 is 4.74 Å². The summed E-state index contributed by atoms with van der Waals surface area (Å²) in [7, 11) is 0. The molecular formula is C51H44BNO. The van der Waals surface area contributed by atoms with Gasteiger partial charge in [-0.3, -0.25) is 0 Å². The molecule has 0 unspecified atom stereocenters. The topological polar surface area (TPSA) is 12.5 Å².